The first-order valence-electron chi connectivity index (χ1n) is 10.9. The fourth-order valence-corrected chi connectivity index (χ4v) is 3.81. The van der Waals surface area contributed by atoms with E-state index in [1.54, 1.807) is 7.11 Å². The number of benzene rings is 1. The number of likely N-dealkylation sites (tertiary alicyclic amines) is 1. The van der Waals surface area contributed by atoms with Crippen LogP contribution in [-0.2, 0) is 16.1 Å². The van der Waals surface area contributed by atoms with Crippen molar-refractivity contribution in [3.63, 3.8) is 0 Å². The van der Waals surface area contributed by atoms with Crippen LogP contribution in [0.2, 0.25) is 0 Å². The Balaban J connectivity index is 1.40. The molecule has 2 heterocycles. The highest BCUT2D eigenvalue weighted by Gasteiger charge is 2.18. The van der Waals surface area contributed by atoms with Gasteiger partial charge < -0.3 is 29.5 Å². The number of aliphatic hydroxyl groups is 1. The van der Waals surface area contributed by atoms with E-state index in [4.69, 9.17) is 14.2 Å². The molecule has 2 fully saturated rings. The van der Waals surface area contributed by atoms with Crippen LogP contribution in [0, 0.1) is 0 Å². The van der Waals surface area contributed by atoms with E-state index < -0.39 is 6.10 Å². The highest BCUT2D eigenvalue weighted by molar-refractivity contribution is 5.76. The number of piperidine rings is 1. The molecule has 2 N–H and O–H groups in total. The van der Waals surface area contributed by atoms with E-state index in [-0.39, 0.29) is 12.5 Å². The third kappa shape index (κ3) is 7.12. The Morgan fingerprint density at radius 1 is 1.20 bits per heavy atom. The van der Waals surface area contributed by atoms with Gasteiger partial charge in [0.15, 0.2) is 11.5 Å². The van der Waals surface area contributed by atoms with Gasteiger partial charge in [0.2, 0.25) is 5.91 Å². The zero-order chi connectivity index (χ0) is 21.2. The first-order valence-corrected chi connectivity index (χ1v) is 10.9. The van der Waals surface area contributed by atoms with Gasteiger partial charge in [0, 0.05) is 52.2 Å². The summed E-state index contributed by atoms with van der Waals surface area (Å²) in [4.78, 5) is 16.0. The van der Waals surface area contributed by atoms with Crippen molar-refractivity contribution in [2.75, 3.05) is 66.2 Å². The number of morpholine rings is 1. The average molecular weight is 422 g/mol. The maximum Gasteiger partial charge on any atom is 0.222 e. The van der Waals surface area contributed by atoms with Gasteiger partial charge >= 0.3 is 0 Å². The highest BCUT2D eigenvalue weighted by Crippen LogP contribution is 2.28. The monoisotopic (exact) mass is 421 g/mol. The Kier molecular flexibility index (Phi) is 9.20. The van der Waals surface area contributed by atoms with E-state index in [0.717, 1.165) is 51.1 Å². The predicted molar refractivity (Wildman–Crippen MR) is 114 cm³/mol. The molecule has 30 heavy (non-hydrogen) atoms. The molecule has 1 atom stereocenters. The fraction of sp³-hybridized carbons (Fsp3) is 0.682. The minimum absolute atomic E-state index is 0.217. The second-order valence-electron chi connectivity index (χ2n) is 7.88. The van der Waals surface area contributed by atoms with Crippen molar-refractivity contribution in [2.24, 2.45) is 0 Å². The molecule has 1 amide bonds. The van der Waals surface area contributed by atoms with Crippen LogP contribution in [0.1, 0.15) is 24.8 Å². The molecule has 0 spiro atoms. The molecule has 8 heteroatoms. The van der Waals surface area contributed by atoms with Gasteiger partial charge in [-0.2, -0.15) is 0 Å². The summed E-state index contributed by atoms with van der Waals surface area (Å²) in [6.07, 6.45) is 2.23. The van der Waals surface area contributed by atoms with Crippen LogP contribution in [0.5, 0.6) is 11.5 Å². The lowest BCUT2D eigenvalue weighted by Gasteiger charge is -2.28. The van der Waals surface area contributed by atoms with Crippen molar-refractivity contribution >= 4 is 5.91 Å². The molecule has 0 aliphatic carbocycles. The maximum atomic E-state index is 11.8. The van der Waals surface area contributed by atoms with Crippen LogP contribution in [0.4, 0.5) is 0 Å². The summed E-state index contributed by atoms with van der Waals surface area (Å²) in [5.41, 5.74) is 1.08. The summed E-state index contributed by atoms with van der Waals surface area (Å²) in [7, 11) is 1.62. The molecule has 2 aliphatic heterocycles. The van der Waals surface area contributed by atoms with Gasteiger partial charge in [0.1, 0.15) is 12.7 Å². The van der Waals surface area contributed by atoms with Crippen molar-refractivity contribution in [1.29, 1.82) is 0 Å². The molecule has 1 unspecified atom stereocenters. The lowest BCUT2D eigenvalue weighted by atomic mass is 10.1. The van der Waals surface area contributed by atoms with Gasteiger partial charge in [0.25, 0.3) is 0 Å². The second-order valence-corrected chi connectivity index (χ2v) is 7.88. The summed E-state index contributed by atoms with van der Waals surface area (Å²) in [5, 5.41) is 13.7. The van der Waals surface area contributed by atoms with E-state index >= 15 is 0 Å². The molecule has 0 radical (unpaired) electrons. The molecule has 2 saturated heterocycles. The van der Waals surface area contributed by atoms with Crippen LogP contribution in [0.3, 0.4) is 0 Å². The van der Waals surface area contributed by atoms with Crippen molar-refractivity contribution in [2.45, 2.75) is 31.9 Å². The minimum atomic E-state index is -0.563. The number of methoxy groups -OCH3 is 1. The Morgan fingerprint density at radius 3 is 2.80 bits per heavy atom. The summed E-state index contributed by atoms with van der Waals surface area (Å²) in [6, 6.07) is 5.82. The Bertz CT molecular complexity index is 666. The molecule has 8 nitrogen and oxygen atoms in total. The first kappa shape index (κ1) is 22.8. The van der Waals surface area contributed by atoms with Crippen LogP contribution in [0.25, 0.3) is 0 Å². The molecule has 0 saturated carbocycles. The number of carbonyl (C=O) groups is 1. The van der Waals surface area contributed by atoms with Crippen molar-refractivity contribution in [3.05, 3.63) is 23.8 Å². The second kappa shape index (κ2) is 12.1. The molecule has 1 aromatic rings. The summed E-state index contributed by atoms with van der Waals surface area (Å²) < 4.78 is 16.6. The molecule has 0 aromatic heterocycles. The quantitative estimate of drug-likeness (QED) is 0.513. The maximum absolute atomic E-state index is 11.8. The molecular formula is C22H35N3O5. The van der Waals surface area contributed by atoms with E-state index in [1.807, 2.05) is 23.1 Å². The summed E-state index contributed by atoms with van der Waals surface area (Å²) in [5.74, 6) is 1.54. The summed E-state index contributed by atoms with van der Waals surface area (Å²) >= 11 is 0. The standard InChI is InChI=1S/C22H35N3O5/c1-28-21-14-18(15-23-7-9-25-8-3-2-4-22(25)27)5-6-20(21)30-17-19(26)16-24-10-12-29-13-11-24/h5-6,14,19,23,26H,2-4,7-13,15-17H2,1H3. The average Bonchev–Trinajstić information content (AvgIpc) is 2.77. The number of aliphatic hydroxyl groups excluding tert-OH is 1. The normalized spacial score (nSPS) is 19.0. The fourth-order valence-electron chi connectivity index (χ4n) is 3.81. The number of β-amino-alcohol motifs (C(OH)–C–C–N with tert-alkyl or cyclic N) is 1. The minimum Gasteiger partial charge on any atom is -0.493 e. The van der Waals surface area contributed by atoms with E-state index in [1.165, 1.54) is 0 Å². The first-order chi connectivity index (χ1) is 14.7. The molecule has 168 valence electrons. The third-order valence-corrected chi connectivity index (χ3v) is 5.54. The van der Waals surface area contributed by atoms with Crippen LogP contribution >= 0.6 is 0 Å². The lowest BCUT2D eigenvalue weighted by molar-refractivity contribution is -0.133. The van der Waals surface area contributed by atoms with Gasteiger partial charge in [-0.3, -0.25) is 9.69 Å². The molecule has 1 aromatic carbocycles. The predicted octanol–water partition coefficient (Wildman–Crippen LogP) is 0.869. The molecule has 3 rings (SSSR count). The van der Waals surface area contributed by atoms with E-state index in [9.17, 15) is 9.90 Å². The van der Waals surface area contributed by atoms with E-state index in [0.29, 0.717) is 44.2 Å². The van der Waals surface area contributed by atoms with Crippen LogP contribution in [0.15, 0.2) is 18.2 Å². The number of nitrogens with zero attached hydrogens (tertiary/aromatic N) is 2. The largest absolute Gasteiger partial charge is 0.493 e. The molecular weight excluding hydrogens is 386 g/mol. The van der Waals surface area contributed by atoms with Gasteiger partial charge in [0.05, 0.1) is 20.3 Å². The number of nitrogens with one attached hydrogen (secondary N) is 1. The van der Waals surface area contributed by atoms with Crippen LogP contribution < -0.4 is 14.8 Å². The molecule has 2 aliphatic rings. The van der Waals surface area contributed by atoms with E-state index in [2.05, 4.69) is 10.2 Å². The Morgan fingerprint density at radius 2 is 2.03 bits per heavy atom. The number of carbonyl (C=O) groups excluding carboxylic acids is 1. The zero-order valence-corrected chi connectivity index (χ0v) is 18.0. The Labute approximate surface area is 179 Å². The SMILES string of the molecule is COc1cc(CNCCN2CCCCC2=O)ccc1OCC(O)CN1CCOCC1. The van der Waals surface area contributed by atoms with Gasteiger partial charge in [-0.05, 0) is 30.5 Å². The lowest BCUT2D eigenvalue weighted by Crippen LogP contribution is -2.42. The number of hydrogen-bond acceptors (Lipinski definition) is 7. The highest BCUT2D eigenvalue weighted by atomic mass is 16.5. The van der Waals surface area contributed by atoms with Gasteiger partial charge in [-0.1, -0.05) is 6.07 Å². The number of ether oxygens (including phenoxy) is 3. The molecule has 0 bridgehead atoms. The van der Waals surface area contributed by atoms with Crippen molar-refractivity contribution in [1.82, 2.24) is 15.1 Å². The van der Waals surface area contributed by atoms with Crippen LogP contribution in [-0.4, -0.2) is 93.1 Å². The van der Waals surface area contributed by atoms with Gasteiger partial charge in [-0.15, -0.1) is 0 Å². The van der Waals surface area contributed by atoms with Gasteiger partial charge in [-0.25, -0.2) is 0 Å². The number of hydrogen-bond donors (Lipinski definition) is 2. The van der Waals surface area contributed by atoms with Crippen molar-refractivity contribution in [3.8, 4) is 11.5 Å². The summed E-state index contributed by atoms with van der Waals surface area (Å²) in [6.45, 7) is 6.98. The zero-order valence-electron chi connectivity index (χ0n) is 18.0. The number of rotatable bonds is 11. The number of amides is 1. The topological polar surface area (TPSA) is 83.5 Å². The smallest absolute Gasteiger partial charge is 0.222 e. The Hall–Kier alpha value is -1.87. The van der Waals surface area contributed by atoms with Crippen molar-refractivity contribution < 1.29 is 24.1 Å². The third-order valence-electron chi connectivity index (χ3n) is 5.54.